The average Bonchev–Trinajstić information content (AvgIpc) is 2.54. The standard InChI is InChI=1S/C18H19NO2/c1-4-19(5-2)18(21)13(3)15-11-10-14(12-20)16-8-6-7-9-17(15)16/h6-12H,3-5H2,1-2H3. The monoisotopic (exact) mass is 281 g/mol. The van der Waals surface area contributed by atoms with Crippen molar-refractivity contribution >= 4 is 28.5 Å². The molecule has 0 atom stereocenters. The number of hydrogen-bond acceptors (Lipinski definition) is 2. The maximum absolute atomic E-state index is 12.5. The molecule has 0 radical (unpaired) electrons. The normalized spacial score (nSPS) is 10.4. The molecule has 0 aliphatic rings. The predicted octanol–water partition coefficient (Wildman–Crippen LogP) is 3.53. The third kappa shape index (κ3) is 2.72. The molecule has 2 aromatic rings. The van der Waals surface area contributed by atoms with Crippen LogP contribution in [0.2, 0.25) is 0 Å². The number of carbonyl (C=O) groups excluding carboxylic acids is 2. The number of benzene rings is 2. The molecule has 3 nitrogen and oxygen atoms in total. The van der Waals surface area contributed by atoms with Crippen LogP contribution in [0.3, 0.4) is 0 Å². The highest BCUT2D eigenvalue weighted by Crippen LogP contribution is 2.27. The molecule has 1 amide bonds. The van der Waals surface area contributed by atoms with Crippen LogP contribution in [0.5, 0.6) is 0 Å². The first kappa shape index (κ1) is 15.0. The van der Waals surface area contributed by atoms with E-state index in [9.17, 15) is 9.59 Å². The number of rotatable bonds is 5. The van der Waals surface area contributed by atoms with Gasteiger partial charge in [0.2, 0.25) is 0 Å². The van der Waals surface area contributed by atoms with Crippen molar-refractivity contribution in [3.05, 3.63) is 54.1 Å². The maximum Gasteiger partial charge on any atom is 0.253 e. The fourth-order valence-corrected chi connectivity index (χ4v) is 2.51. The van der Waals surface area contributed by atoms with E-state index in [0.29, 0.717) is 24.2 Å². The Morgan fingerprint density at radius 2 is 1.71 bits per heavy atom. The highest BCUT2D eigenvalue weighted by Gasteiger charge is 2.17. The summed E-state index contributed by atoms with van der Waals surface area (Å²) in [5.74, 6) is -0.0657. The molecule has 0 N–H and O–H groups in total. The second kappa shape index (κ2) is 6.35. The minimum Gasteiger partial charge on any atom is -0.339 e. The van der Waals surface area contributed by atoms with E-state index < -0.39 is 0 Å². The Morgan fingerprint density at radius 3 is 2.29 bits per heavy atom. The molecule has 0 fully saturated rings. The van der Waals surface area contributed by atoms with Gasteiger partial charge in [0.15, 0.2) is 6.29 Å². The van der Waals surface area contributed by atoms with Gasteiger partial charge in [0, 0.05) is 24.2 Å². The zero-order valence-corrected chi connectivity index (χ0v) is 12.4. The summed E-state index contributed by atoms with van der Waals surface area (Å²) >= 11 is 0. The molecular formula is C18H19NO2. The van der Waals surface area contributed by atoms with E-state index in [1.54, 1.807) is 17.0 Å². The molecule has 0 aromatic heterocycles. The predicted molar refractivity (Wildman–Crippen MR) is 86.3 cm³/mol. The van der Waals surface area contributed by atoms with E-state index >= 15 is 0 Å². The minimum absolute atomic E-state index is 0.0657. The van der Waals surface area contributed by atoms with Crippen LogP contribution in [0.15, 0.2) is 43.0 Å². The first-order valence-corrected chi connectivity index (χ1v) is 7.09. The van der Waals surface area contributed by atoms with Gasteiger partial charge in [-0.3, -0.25) is 9.59 Å². The average molecular weight is 281 g/mol. The molecule has 0 heterocycles. The van der Waals surface area contributed by atoms with Gasteiger partial charge < -0.3 is 4.90 Å². The second-order valence-electron chi connectivity index (χ2n) is 4.82. The van der Waals surface area contributed by atoms with Crippen LogP contribution in [0.4, 0.5) is 0 Å². The Balaban J connectivity index is 2.55. The Labute approximate surface area is 124 Å². The Morgan fingerprint density at radius 1 is 1.10 bits per heavy atom. The molecule has 0 aliphatic heterocycles. The molecule has 108 valence electrons. The van der Waals surface area contributed by atoms with Gasteiger partial charge in [-0.05, 0) is 30.2 Å². The van der Waals surface area contributed by atoms with Crippen molar-refractivity contribution < 1.29 is 9.59 Å². The SMILES string of the molecule is C=C(C(=O)N(CC)CC)c1ccc(C=O)c2ccccc12. The Hall–Kier alpha value is -2.42. The van der Waals surface area contributed by atoms with Crippen molar-refractivity contribution in [3.8, 4) is 0 Å². The smallest absolute Gasteiger partial charge is 0.253 e. The van der Waals surface area contributed by atoms with E-state index in [4.69, 9.17) is 0 Å². The van der Waals surface area contributed by atoms with Crippen molar-refractivity contribution in [2.24, 2.45) is 0 Å². The van der Waals surface area contributed by atoms with Gasteiger partial charge in [-0.2, -0.15) is 0 Å². The first-order chi connectivity index (χ1) is 10.1. The topological polar surface area (TPSA) is 37.4 Å². The lowest BCUT2D eigenvalue weighted by Crippen LogP contribution is -2.30. The Kier molecular flexibility index (Phi) is 4.53. The van der Waals surface area contributed by atoms with Crippen molar-refractivity contribution in [3.63, 3.8) is 0 Å². The molecule has 2 aromatic carbocycles. The van der Waals surface area contributed by atoms with Crippen LogP contribution in [0.1, 0.15) is 29.8 Å². The molecule has 0 unspecified atom stereocenters. The Bertz CT molecular complexity index is 699. The van der Waals surface area contributed by atoms with Gasteiger partial charge in [0.05, 0.1) is 0 Å². The number of fused-ring (bicyclic) bond motifs is 1. The molecule has 21 heavy (non-hydrogen) atoms. The van der Waals surface area contributed by atoms with Crippen LogP contribution >= 0.6 is 0 Å². The maximum atomic E-state index is 12.5. The number of hydrogen-bond donors (Lipinski definition) is 0. The van der Waals surface area contributed by atoms with E-state index in [2.05, 4.69) is 6.58 Å². The number of aldehydes is 1. The number of carbonyl (C=O) groups is 2. The van der Waals surface area contributed by atoms with E-state index in [1.807, 2.05) is 38.1 Å². The molecule has 3 heteroatoms. The number of nitrogens with zero attached hydrogens (tertiary/aromatic N) is 1. The minimum atomic E-state index is -0.0657. The summed E-state index contributed by atoms with van der Waals surface area (Å²) in [6.07, 6.45) is 0.834. The van der Waals surface area contributed by atoms with E-state index in [1.165, 1.54) is 0 Å². The van der Waals surface area contributed by atoms with Crippen LogP contribution in [0.25, 0.3) is 16.3 Å². The highest BCUT2D eigenvalue weighted by atomic mass is 16.2. The molecular weight excluding hydrogens is 262 g/mol. The molecule has 0 saturated carbocycles. The molecule has 0 aliphatic carbocycles. The number of likely N-dealkylation sites (N-methyl/N-ethyl adjacent to an activating group) is 1. The fourth-order valence-electron chi connectivity index (χ4n) is 2.51. The number of amides is 1. The summed E-state index contributed by atoms with van der Waals surface area (Å²) in [6, 6.07) is 11.1. The lowest BCUT2D eigenvalue weighted by atomic mass is 9.95. The van der Waals surface area contributed by atoms with Crippen molar-refractivity contribution in [1.82, 2.24) is 4.90 Å². The van der Waals surface area contributed by atoms with Crippen molar-refractivity contribution in [2.45, 2.75) is 13.8 Å². The molecule has 0 bridgehead atoms. The van der Waals surface area contributed by atoms with Crippen molar-refractivity contribution in [2.75, 3.05) is 13.1 Å². The van der Waals surface area contributed by atoms with Gasteiger partial charge in [-0.25, -0.2) is 0 Å². The van der Waals surface area contributed by atoms with Crippen LogP contribution in [-0.4, -0.2) is 30.2 Å². The summed E-state index contributed by atoms with van der Waals surface area (Å²) in [6.45, 7) is 9.16. The molecule has 2 rings (SSSR count). The summed E-state index contributed by atoms with van der Waals surface area (Å²) in [5.41, 5.74) is 1.87. The van der Waals surface area contributed by atoms with Gasteiger partial charge >= 0.3 is 0 Å². The largest absolute Gasteiger partial charge is 0.339 e. The molecule has 0 saturated heterocycles. The van der Waals surface area contributed by atoms with Gasteiger partial charge in [0.25, 0.3) is 5.91 Å². The van der Waals surface area contributed by atoms with Crippen LogP contribution in [0, 0.1) is 0 Å². The van der Waals surface area contributed by atoms with Crippen molar-refractivity contribution in [1.29, 1.82) is 0 Å². The van der Waals surface area contributed by atoms with E-state index in [-0.39, 0.29) is 5.91 Å². The second-order valence-corrected chi connectivity index (χ2v) is 4.82. The van der Waals surface area contributed by atoms with E-state index in [0.717, 1.165) is 22.6 Å². The summed E-state index contributed by atoms with van der Waals surface area (Å²) in [5, 5.41) is 1.73. The summed E-state index contributed by atoms with van der Waals surface area (Å²) in [4.78, 5) is 25.3. The van der Waals surface area contributed by atoms with Gasteiger partial charge in [-0.15, -0.1) is 0 Å². The zero-order chi connectivity index (χ0) is 15.4. The third-order valence-corrected chi connectivity index (χ3v) is 3.72. The quantitative estimate of drug-likeness (QED) is 0.621. The summed E-state index contributed by atoms with van der Waals surface area (Å²) < 4.78 is 0. The lowest BCUT2D eigenvalue weighted by Gasteiger charge is -2.20. The van der Waals surface area contributed by atoms with Crippen LogP contribution < -0.4 is 0 Å². The summed E-state index contributed by atoms with van der Waals surface area (Å²) in [7, 11) is 0. The van der Waals surface area contributed by atoms with Gasteiger partial charge in [0.1, 0.15) is 0 Å². The lowest BCUT2D eigenvalue weighted by molar-refractivity contribution is -0.124. The van der Waals surface area contributed by atoms with Gasteiger partial charge in [-0.1, -0.05) is 43.0 Å². The fraction of sp³-hybridized carbons (Fsp3) is 0.222. The first-order valence-electron chi connectivity index (χ1n) is 7.09. The third-order valence-electron chi connectivity index (χ3n) is 3.72. The van der Waals surface area contributed by atoms with Crippen LogP contribution in [-0.2, 0) is 4.79 Å². The molecule has 0 spiro atoms. The highest BCUT2D eigenvalue weighted by molar-refractivity contribution is 6.22. The zero-order valence-electron chi connectivity index (χ0n) is 12.4.